The van der Waals surface area contributed by atoms with Crippen LogP contribution in [0.3, 0.4) is 0 Å². The van der Waals surface area contributed by atoms with Crippen LogP contribution in [0.4, 0.5) is 4.79 Å². The van der Waals surface area contributed by atoms with E-state index in [1.807, 2.05) is 80.6 Å². The van der Waals surface area contributed by atoms with Crippen molar-refractivity contribution in [3.63, 3.8) is 0 Å². The highest BCUT2D eigenvalue weighted by atomic mass is 79.9. The number of hydrogen-bond donors (Lipinski definition) is 10. The second kappa shape index (κ2) is 39.2. The number of pyridine rings is 1. The van der Waals surface area contributed by atoms with E-state index in [4.69, 9.17) is 19.6 Å². The van der Waals surface area contributed by atoms with Crippen molar-refractivity contribution >= 4 is 96.1 Å². The van der Waals surface area contributed by atoms with E-state index in [1.165, 1.54) is 48.5 Å². The molecule has 0 saturated carbocycles. The summed E-state index contributed by atoms with van der Waals surface area (Å²) < 4.78 is 46.1. The van der Waals surface area contributed by atoms with Gasteiger partial charge in [0.15, 0.2) is 0 Å². The highest BCUT2D eigenvalue weighted by molar-refractivity contribution is 9.10. The van der Waals surface area contributed by atoms with Crippen LogP contribution < -0.4 is 52.0 Å². The molecule has 7 aromatic rings. The molecular weight excluding hydrogens is 1420 g/mol. The number of nitrogens with one attached hydrogen (secondary N) is 10. The fraction of sp³-hybridized carbons (Fsp3) is 0.355. The van der Waals surface area contributed by atoms with Crippen LogP contribution in [0.25, 0.3) is 10.8 Å². The number of likely N-dealkylation sites (tertiary alicyclic amines) is 1. The van der Waals surface area contributed by atoms with E-state index in [1.54, 1.807) is 80.6 Å². The van der Waals surface area contributed by atoms with E-state index in [2.05, 4.69) is 68.2 Å². The summed E-state index contributed by atoms with van der Waals surface area (Å²) in [6.07, 6.45) is 2.44. The Kier molecular flexibility index (Phi) is 29.8. The number of benzene rings is 6. The Hall–Kier alpha value is -10.6. The molecule has 10 N–H and O–H groups in total. The van der Waals surface area contributed by atoms with Crippen molar-refractivity contribution in [3.05, 3.63) is 208 Å². The third kappa shape index (κ3) is 24.6. The van der Waals surface area contributed by atoms with Crippen molar-refractivity contribution < 1.29 is 65.8 Å². The molecule has 8 rings (SSSR count). The summed E-state index contributed by atoms with van der Waals surface area (Å²) in [7, 11) is -4.13. The van der Waals surface area contributed by atoms with Crippen LogP contribution in [0.15, 0.2) is 179 Å². The maximum atomic E-state index is 15.4. The molecule has 7 atom stereocenters. The minimum atomic E-state index is -4.13. The average Bonchev–Trinajstić information content (AvgIpc) is 0.993. The summed E-state index contributed by atoms with van der Waals surface area (Å²) >= 11 is 3.44. The number of halogens is 1. The summed E-state index contributed by atoms with van der Waals surface area (Å²) in [6, 6.07) is 35.6. The third-order valence-electron chi connectivity index (χ3n) is 17.0. The lowest BCUT2D eigenvalue weighted by Gasteiger charge is -2.31. The Labute approximate surface area is 613 Å². The molecule has 2 heterocycles. The van der Waals surface area contributed by atoms with Crippen LogP contribution in [0.1, 0.15) is 93.2 Å². The van der Waals surface area contributed by atoms with E-state index < -0.39 is 112 Å². The first kappa shape index (κ1) is 79.1. The average molecular weight is 1510 g/mol. The molecule has 8 amide bonds. The molecule has 1 fully saturated rings. The van der Waals surface area contributed by atoms with Gasteiger partial charge in [-0.3, -0.25) is 48.7 Å². The summed E-state index contributed by atoms with van der Waals surface area (Å²) in [5.41, 5.74) is 3.87. The normalized spacial score (nSPS) is 14.4. The summed E-state index contributed by atoms with van der Waals surface area (Å²) in [6.45, 7) is 8.39. The quantitative estimate of drug-likeness (QED) is 0.00653. The van der Waals surface area contributed by atoms with Gasteiger partial charge in [0.1, 0.15) is 54.6 Å². The monoisotopic (exact) mass is 1500 g/mol. The topological polar surface area (TPSA) is 364 Å². The van der Waals surface area contributed by atoms with Crippen LogP contribution >= 0.6 is 15.9 Å². The van der Waals surface area contributed by atoms with Crippen molar-refractivity contribution in [2.75, 3.05) is 26.2 Å². The smallest absolute Gasteiger partial charge is 0.429 e. The molecule has 0 unspecified atom stereocenters. The molecule has 6 aromatic carbocycles. The van der Waals surface area contributed by atoms with E-state index in [0.29, 0.717) is 41.6 Å². The number of sulfonamides is 1. The number of nitrogens with zero attached hydrogens (tertiary/aromatic N) is 2. The van der Waals surface area contributed by atoms with Gasteiger partial charge < -0.3 is 61.6 Å². The standard InChI is InChI=1S/C76H89BrN12O14S/c1-6-80-73(96)67-25-16-38-89(67)74(97)61(24-15-37-81-75(78)88-104(99,100)59-34-26-49(4)27-35-59)83-68(91)62(39-48(2)3)84-71(94)65(43-54-19-14-36-79-44-54)85-70(93)64(41-51-29-32-58(33-30-51)103-76(98)102-46-57-22-12-13-23-60(57)77)86-72(95)66(47-101-45-52-17-8-7-9-18-52)87-69(92)63(82-50(5)90)42-53-28-31-55-20-10-11-21-56(55)40-53/h7-14,17-23,26-36,40,44,48,61-67H,6,15-16,24-25,37-39,41-43,45-47H2,1-5H3,(H,80,96)(H,82,90)(H,83,91)(H,84,94)(H,85,93)(H,86,95)(H,87,92)(H3,78,81,88)/t61-,62-,63+,64-,65+,66-,67-/m0/s1. The number of amides is 8. The van der Waals surface area contributed by atoms with Crippen LogP contribution in [0, 0.1) is 18.3 Å². The zero-order chi connectivity index (χ0) is 74.7. The summed E-state index contributed by atoms with van der Waals surface area (Å²) in [4.78, 5) is 135. The molecule has 1 aliphatic rings. The second-order valence-electron chi connectivity index (χ2n) is 25.7. The van der Waals surface area contributed by atoms with Gasteiger partial charge in [0.05, 0.1) is 18.1 Å². The van der Waals surface area contributed by atoms with Gasteiger partial charge >= 0.3 is 6.16 Å². The van der Waals surface area contributed by atoms with Crippen molar-refractivity contribution in [2.45, 2.75) is 146 Å². The fourth-order valence-electron chi connectivity index (χ4n) is 11.7. The molecule has 28 heteroatoms. The highest BCUT2D eigenvalue weighted by Gasteiger charge is 2.39. The Balaban J connectivity index is 1.06. The summed E-state index contributed by atoms with van der Waals surface area (Å²) in [5.74, 6) is -6.40. The lowest BCUT2D eigenvalue weighted by molar-refractivity contribution is -0.142. The molecule has 0 aliphatic carbocycles. The number of hydrogen-bond acceptors (Lipinski definition) is 16. The largest absolute Gasteiger partial charge is 0.514 e. The van der Waals surface area contributed by atoms with Gasteiger partial charge in [-0.2, -0.15) is 0 Å². The molecule has 104 heavy (non-hydrogen) atoms. The maximum absolute atomic E-state index is 15.4. The van der Waals surface area contributed by atoms with Crippen LogP contribution in [0.2, 0.25) is 0 Å². The van der Waals surface area contributed by atoms with Gasteiger partial charge in [-0.05, 0) is 121 Å². The molecular formula is C76H89BrN12O14S. The minimum absolute atomic E-state index is 0.00427. The SMILES string of the molecule is CCNC(=O)[C@@H]1CCCN1C(=O)[C@H](CCCNC(=N)NS(=O)(=O)c1ccc(C)cc1)NC(=O)[C@H](CC(C)C)NC(=O)[C@@H](Cc1cccnc1)NC(=O)[C@H](Cc1ccc(OC(=O)OCc2ccccc2Br)cc1)NC(=O)[C@H](COCc1ccccc1)NC(=O)[C@@H](Cc1ccc2ccccc2c1)NC(C)=O. The number of carbonyl (C=O) groups is 9. The zero-order valence-corrected chi connectivity index (χ0v) is 61.0. The first-order valence-electron chi connectivity index (χ1n) is 34.4. The van der Waals surface area contributed by atoms with Crippen LogP contribution in [-0.4, -0.2) is 146 Å². The van der Waals surface area contributed by atoms with E-state index in [9.17, 15) is 37.2 Å². The van der Waals surface area contributed by atoms with Crippen molar-refractivity contribution in [1.29, 1.82) is 5.41 Å². The van der Waals surface area contributed by atoms with Gasteiger partial charge in [0.2, 0.25) is 53.2 Å². The lowest BCUT2D eigenvalue weighted by Crippen LogP contribution is -2.61. The van der Waals surface area contributed by atoms with E-state index in [-0.39, 0.29) is 87.3 Å². The van der Waals surface area contributed by atoms with Crippen molar-refractivity contribution in [3.8, 4) is 5.75 Å². The lowest BCUT2D eigenvalue weighted by atomic mass is 9.99. The number of ether oxygens (including phenoxy) is 3. The molecule has 0 spiro atoms. The number of aromatic nitrogens is 1. The second-order valence-corrected chi connectivity index (χ2v) is 28.2. The Morgan fingerprint density at radius 1 is 0.625 bits per heavy atom. The van der Waals surface area contributed by atoms with Crippen molar-refractivity contribution in [1.82, 2.24) is 57.1 Å². The molecule has 0 radical (unpaired) electrons. The molecule has 1 aromatic heterocycles. The zero-order valence-electron chi connectivity index (χ0n) is 58.6. The predicted octanol–water partition coefficient (Wildman–Crippen LogP) is 6.65. The molecule has 1 saturated heterocycles. The number of fused-ring (bicyclic) bond motifs is 1. The van der Waals surface area contributed by atoms with Crippen LogP contribution in [-0.2, 0) is 90.3 Å². The van der Waals surface area contributed by atoms with Crippen molar-refractivity contribution in [2.24, 2.45) is 5.92 Å². The Morgan fingerprint density at radius 3 is 1.88 bits per heavy atom. The third-order valence-corrected chi connectivity index (χ3v) is 19.1. The number of guanidine groups is 1. The van der Waals surface area contributed by atoms with Gasteiger partial charge in [-0.1, -0.05) is 157 Å². The number of carbonyl (C=O) groups excluding carboxylic acids is 9. The van der Waals surface area contributed by atoms with E-state index in [0.717, 1.165) is 26.4 Å². The first-order chi connectivity index (χ1) is 49.9. The fourth-order valence-corrected chi connectivity index (χ4v) is 13.0. The first-order valence-corrected chi connectivity index (χ1v) is 36.6. The number of aryl methyl sites for hydroxylation is 1. The Morgan fingerprint density at radius 2 is 1.21 bits per heavy atom. The maximum Gasteiger partial charge on any atom is 0.514 e. The van der Waals surface area contributed by atoms with Gasteiger partial charge in [0, 0.05) is 68.3 Å². The molecule has 26 nitrogen and oxygen atoms in total. The number of rotatable bonds is 35. The van der Waals surface area contributed by atoms with E-state index >= 15 is 14.4 Å². The molecule has 0 bridgehead atoms. The summed E-state index contributed by atoms with van der Waals surface area (Å²) in [5, 5.41) is 32.5. The van der Waals surface area contributed by atoms with Gasteiger partial charge in [-0.25, -0.2) is 17.9 Å². The predicted molar refractivity (Wildman–Crippen MR) is 393 cm³/mol. The minimum Gasteiger partial charge on any atom is -0.429 e. The van der Waals surface area contributed by atoms with Gasteiger partial charge in [0.25, 0.3) is 10.0 Å². The molecule has 1 aliphatic heterocycles. The van der Waals surface area contributed by atoms with Gasteiger partial charge in [-0.15, -0.1) is 0 Å². The highest BCUT2D eigenvalue weighted by Crippen LogP contribution is 2.23. The number of likely N-dealkylation sites (N-methyl/N-ethyl adjacent to an activating group) is 1. The molecule has 550 valence electrons. The van der Waals surface area contributed by atoms with Crippen LogP contribution in [0.5, 0.6) is 5.75 Å². The Bertz CT molecular complexity index is 4230.